The number of anilines is 1. The van der Waals surface area contributed by atoms with E-state index in [-0.39, 0.29) is 35.0 Å². The largest absolute Gasteiger partial charge is 0.506 e. The van der Waals surface area contributed by atoms with Crippen molar-refractivity contribution in [2.75, 3.05) is 4.90 Å². The van der Waals surface area contributed by atoms with E-state index in [1.807, 2.05) is 0 Å². The number of nitrogens with zero attached hydrogens (tertiary/aromatic N) is 1. The Labute approximate surface area is 154 Å². The zero-order valence-corrected chi connectivity index (χ0v) is 14.7. The minimum absolute atomic E-state index is 0.0723. The molecule has 138 valence electrons. The summed E-state index contributed by atoms with van der Waals surface area (Å²) in [6.07, 6.45) is 0. The second kappa shape index (κ2) is 7.03. The van der Waals surface area contributed by atoms with Crippen LogP contribution in [-0.2, 0) is 20.9 Å². The zero-order valence-electron chi connectivity index (χ0n) is 14.7. The Hall–Kier alpha value is -3.48. The lowest BCUT2D eigenvalue weighted by atomic mass is 10.0. The summed E-state index contributed by atoms with van der Waals surface area (Å²) >= 11 is 0. The second-order valence-electron chi connectivity index (χ2n) is 6.15. The summed E-state index contributed by atoms with van der Waals surface area (Å²) in [6, 6.07) is 10.3. The molecule has 1 aliphatic heterocycles. The minimum atomic E-state index is -0.715. The molecule has 0 aliphatic carbocycles. The van der Waals surface area contributed by atoms with Crippen molar-refractivity contribution >= 4 is 34.7 Å². The number of hydrogen-bond acceptors (Lipinski definition) is 4. The number of aliphatic hydroxyl groups excluding tert-OH is 1. The average Bonchev–Trinajstić information content (AvgIpc) is 2.90. The van der Waals surface area contributed by atoms with Crippen LogP contribution in [0.25, 0.3) is 11.3 Å². The molecule has 0 aromatic heterocycles. The first-order valence-corrected chi connectivity index (χ1v) is 8.21. The molecule has 3 rings (SSSR count). The molecule has 2 aromatic carbocycles. The van der Waals surface area contributed by atoms with Crippen LogP contribution in [0.15, 0.2) is 42.5 Å². The summed E-state index contributed by atoms with van der Waals surface area (Å²) in [4.78, 5) is 36.5. The van der Waals surface area contributed by atoms with E-state index in [1.54, 1.807) is 24.3 Å². The lowest BCUT2D eigenvalue weighted by Gasteiger charge is -2.12. The SMILES string of the molecule is CC(=O)NCc1cccc(C(O)=C2C(=O)N(C(C)=O)c3cc(F)ccc32)c1. The molecule has 0 fully saturated rings. The fourth-order valence-corrected chi connectivity index (χ4v) is 2.98. The van der Waals surface area contributed by atoms with Crippen molar-refractivity contribution in [2.24, 2.45) is 0 Å². The van der Waals surface area contributed by atoms with Gasteiger partial charge in [0.2, 0.25) is 11.8 Å². The third-order valence-electron chi connectivity index (χ3n) is 4.18. The molecule has 1 aliphatic rings. The Morgan fingerprint density at radius 2 is 1.89 bits per heavy atom. The van der Waals surface area contributed by atoms with Crippen LogP contribution in [0.5, 0.6) is 0 Å². The third kappa shape index (κ3) is 3.44. The van der Waals surface area contributed by atoms with Crippen molar-refractivity contribution in [1.29, 1.82) is 0 Å². The van der Waals surface area contributed by atoms with Gasteiger partial charge >= 0.3 is 0 Å². The quantitative estimate of drug-likeness (QED) is 0.644. The maximum absolute atomic E-state index is 13.6. The summed E-state index contributed by atoms with van der Waals surface area (Å²) in [7, 11) is 0. The van der Waals surface area contributed by atoms with Crippen LogP contribution in [0, 0.1) is 5.82 Å². The molecule has 7 heteroatoms. The molecule has 0 saturated carbocycles. The van der Waals surface area contributed by atoms with Gasteiger partial charge in [-0.25, -0.2) is 9.29 Å². The molecular weight excluding hydrogens is 351 g/mol. The molecule has 1 heterocycles. The number of carbonyl (C=O) groups is 3. The molecule has 0 spiro atoms. The van der Waals surface area contributed by atoms with Crippen molar-refractivity contribution in [3.63, 3.8) is 0 Å². The highest BCUT2D eigenvalue weighted by molar-refractivity contribution is 6.42. The number of amides is 3. The van der Waals surface area contributed by atoms with Crippen LogP contribution >= 0.6 is 0 Å². The predicted molar refractivity (Wildman–Crippen MR) is 98.0 cm³/mol. The van der Waals surface area contributed by atoms with Gasteiger partial charge in [0.1, 0.15) is 11.6 Å². The van der Waals surface area contributed by atoms with Crippen LogP contribution in [0.1, 0.15) is 30.5 Å². The summed E-state index contributed by atoms with van der Waals surface area (Å²) < 4.78 is 13.6. The monoisotopic (exact) mass is 368 g/mol. The fraction of sp³-hybridized carbons (Fsp3) is 0.150. The number of rotatable bonds is 3. The molecular formula is C20H17FN2O4. The van der Waals surface area contributed by atoms with Gasteiger partial charge in [-0.2, -0.15) is 0 Å². The van der Waals surface area contributed by atoms with Gasteiger partial charge < -0.3 is 10.4 Å². The molecule has 2 aromatic rings. The molecule has 0 saturated heterocycles. The first-order chi connectivity index (χ1) is 12.8. The van der Waals surface area contributed by atoms with E-state index in [2.05, 4.69) is 5.32 Å². The standard InChI is InChI=1S/C20H17FN2O4/c1-11(24)22-10-13-4-3-5-14(8-13)19(26)18-16-7-6-15(21)9-17(16)23(12(2)25)20(18)27/h3-9,26H,10H2,1-2H3,(H,22,24). The number of benzene rings is 2. The molecule has 27 heavy (non-hydrogen) atoms. The number of imide groups is 1. The predicted octanol–water partition coefficient (Wildman–Crippen LogP) is 2.78. The lowest BCUT2D eigenvalue weighted by molar-refractivity contribution is -0.122. The van der Waals surface area contributed by atoms with Gasteiger partial charge in [0.25, 0.3) is 5.91 Å². The van der Waals surface area contributed by atoms with Crippen LogP contribution in [0.3, 0.4) is 0 Å². The van der Waals surface area contributed by atoms with Crippen LogP contribution in [-0.4, -0.2) is 22.8 Å². The first-order valence-electron chi connectivity index (χ1n) is 8.21. The van der Waals surface area contributed by atoms with E-state index in [1.165, 1.54) is 19.9 Å². The van der Waals surface area contributed by atoms with E-state index in [0.717, 1.165) is 22.6 Å². The minimum Gasteiger partial charge on any atom is -0.506 e. The molecule has 2 N–H and O–H groups in total. The van der Waals surface area contributed by atoms with Crippen LogP contribution in [0.4, 0.5) is 10.1 Å². The summed E-state index contributed by atoms with van der Waals surface area (Å²) in [5.74, 6) is -2.39. The van der Waals surface area contributed by atoms with Crippen molar-refractivity contribution in [1.82, 2.24) is 5.32 Å². The number of fused-ring (bicyclic) bond motifs is 1. The number of nitrogens with one attached hydrogen (secondary N) is 1. The van der Waals surface area contributed by atoms with E-state index >= 15 is 0 Å². The maximum atomic E-state index is 13.6. The molecule has 0 atom stereocenters. The fourth-order valence-electron chi connectivity index (χ4n) is 2.98. The Morgan fingerprint density at radius 3 is 2.56 bits per heavy atom. The van der Waals surface area contributed by atoms with Crippen molar-refractivity contribution in [3.05, 3.63) is 65.0 Å². The second-order valence-corrected chi connectivity index (χ2v) is 6.15. The highest BCUT2D eigenvalue weighted by Crippen LogP contribution is 2.40. The van der Waals surface area contributed by atoms with Crippen LogP contribution < -0.4 is 10.2 Å². The van der Waals surface area contributed by atoms with E-state index in [4.69, 9.17) is 0 Å². The highest BCUT2D eigenvalue weighted by Gasteiger charge is 2.38. The summed E-state index contributed by atoms with van der Waals surface area (Å²) in [5, 5.41) is 13.4. The number of aliphatic hydroxyl groups is 1. The first kappa shape index (κ1) is 18.3. The van der Waals surface area contributed by atoms with Gasteiger partial charge in [0, 0.05) is 31.5 Å². The molecule has 0 unspecified atom stereocenters. The average molecular weight is 368 g/mol. The Balaban J connectivity index is 2.10. The number of carbonyl (C=O) groups excluding carboxylic acids is 3. The number of hydrogen-bond donors (Lipinski definition) is 2. The van der Waals surface area contributed by atoms with Gasteiger partial charge in [-0.05, 0) is 29.8 Å². The lowest BCUT2D eigenvalue weighted by Crippen LogP contribution is -2.31. The van der Waals surface area contributed by atoms with Gasteiger partial charge in [-0.3, -0.25) is 14.4 Å². The van der Waals surface area contributed by atoms with Gasteiger partial charge in [0.05, 0.1) is 11.3 Å². The Bertz CT molecular complexity index is 997. The molecule has 0 bridgehead atoms. The summed E-state index contributed by atoms with van der Waals surface area (Å²) in [5.41, 5.74) is 1.38. The Kier molecular flexibility index (Phi) is 4.77. The maximum Gasteiger partial charge on any atom is 0.269 e. The van der Waals surface area contributed by atoms with Crippen molar-refractivity contribution < 1.29 is 23.9 Å². The van der Waals surface area contributed by atoms with Gasteiger partial charge in [-0.15, -0.1) is 0 Å². The highest BCUT2D eigenvalue weighted by atomic mass is 19.1. The zero-order chi connectivity index (χ0) is 19.7. The summed E-state index contributed by atoms with van der Waals surface area (Å²) in [6.45, 7) is 2.86. The van der Waals surface area contributed by atoms with Gasteiger partial charge in [-0.1, -0.05) is 18.2 Å². The molecule has 0 radical (unpaired) electrons. The van der Waals surface area contributed by atoms with E-state index in [9.17, 15) is 23.9 Å². The smallest absolute Gasteiger partial charge is 0.269 e. The van der Waals surface area contributed by atoms with Crippen molar-refractivity contribution in [2.45, 2.75) is 20.4 Å². The Morgan fingerprint density at radius 1 is 1.15 bits per heavy atom. The molecule has 6 nitrogen and oxygen atoms in total. The van der Waals surface area contributed by atoms with E-state index in [0.29, 0.717) is 5.56 Å². The third-order valence-corrected chi connectivity index (χ3v) is 4.18. The normalized spacial score (nSPS) is 14.8. The topological polar surface area (TPSA) is 86.7 Å². The molecule has 3 amide bonds. The number of halogens is 1. The van der Waals surface area contributed by atoms with E-state index < -0.39 is 17.6 Å². The van der Waals surface area contributed by atoms with Crippen molar-refractivity contribution in [3.8, 4) is 0 Å². The van der Waals surface area contributed by atoms with Gasteiger partial charge in [0.15, 0.2) is 0 Å². The van der Waals surface area contributed by atoms with Crippen LogP contribution in [0.2, 0.25) is 0 Å².